The van der Waals surface area contributed by atoms with Crippen LogP contribution in [0.15, 0.2) is 42.0 Å². The number of hydrogen-bond acceptors (Lipinski definition) is 3. The van der Waals surface area contributed by atoms with Crippen LogP contribution in [-0.2, 0) is 4.74 Å². The number of benzene rings is 1. The van der Waals surface area contributed by atoms with Gasteiger partial charge in [0.05, 0.1) is 5.56 Å². The van der Waals surface area contributed by atoms with E-state index in [0.29, 0.717) is 41.6 Å². The van der Waals surface area contributed by atoms with Crippen molar-refractivity contribution in [3.8, 4) is 0 Å². The van der Waals surface area contributed by atoms with Crippen molar-refractivity contribution in [3.63, 3.8) is 0 Å². The summed E-state index contributed by atoms with van der Waals surface area (Å²) in [4.78, 5) is 12.7. The van der Waals surface area contributed by atoms with Gasteiger partial charge in [-0.25, -0.2) is 4.79 Å². The second kappa shape index (κ2) is 11.0. The van der Waals surface area contributed by atoms with Crippen LogP contribution in [0.5, 0.6) is 0 Å². The molecule has 6 heteroatoms. The van der Waals surface area contributed by atoms with Crippen LogP contribution in [-0.4, -0.2) is 29.0 Å². The Hall–Kier alpha value is -1.82. The molecule has 1 aromatic rings. The molecule has 0 aliphatic heterocycles. The summed E-state index contributed by atoms with van der Waals surface area (Å²) >= 11 is 0. The van der Waals surface area contributed by atoms with Gasteiger partial charge in [0.25, 0.3) is 0 Å². The number of rotatable bonds is 7. The van der Waals surface area contributed by atoms with Gasteiger partial charge in [0.15, 0.2) is 5.60 Å². The molecule has 9 atom stereocenters. The molecular formula is C35H49F3O3. The Morgan fingerprint density at radius 2 is 1.71 bits per heavy atom. The van der Waals surface area contributed by atoms with Crippen LogP contribution in [0.25, 0.3) is 0 Å². The summed E-state index contributed by atoms with van der Waals surface area (Å²) in [6.45, 7) is 11.3. The smallest absolute Gasteiger partial charge is 0.417 e. The van der Waals surface area contributed by atoms with Gasteiger partial charge in [0.1, 0.15) is 6.10 Å². The molecule has 3 nitrogen and oxygen atoms in total. The number of esters is 1. The highest BCUT2D eigenvalue weighted by Crippen LogP contribution is 2.68. The minimum absolute atomic E-state index is 0.116. The monoisotopic (exact) mass is 574 g/mol. The Bertz CT molecular complexity index is 1130. The Labute approximate surface area is 244 Å². The molecule has 3 saturated carbocycles. The van der Waals surface area contributed by atoms with E-state index in [-0.39, 0.29) is 41.7 Å². The van der Waals surface area contributed by atoms with E-state index in [1.165, 1.54) is 12.8 Å². The van der Waals surface area contributed by atoms with Crippen molar-refractivity contribution in [2.45, 2.75) is 117 Å². The third kappa shape index (κ3) is 5.40. The minimum atomic E-state index is -4.58. The zero-order chi connectivity index (χ0) is 29.8. The zero-order valence-electron chi connectivity index (χ0n) is 25.5. The number of alkyl halides is 3. The first kappa shape index (κ1) is 30.6. The molecule has 0 aromatic heterocycles. The van der Waals surface area contributed by atoms with Gasteiger partial charge in [-0.1, -0.05) is 64.5 Å². The highest BCUT2D eigenvalue weighted by molar-refractivity contribution is 5.89. The number of fused-ring (bicyclic) bond motifs is 5. The Morgan fingerprint density at radius 1 is 1.00 bits per heavy atom. The lowest BCUT2D eigenvalue weighted by Crippen LogP contribution is -2.55. The molecule has 0 unspecified atom stereocenters. The fourth-order valence-electron chi connectivity index (χ4n) is 9.80. The van der Waals surface area contributed by atoms with Crippen LogP contribution in [0.4, 0.5) is 13.2 Å². The molecule has 0 spiro atoms. The maximum absolute atomic E-state index is 13.7. The zero-order valence-corrected chi connectivity index (χ0v) is 25.5. The molecule has 0 saturated heterocycles. The topological polar surface area (TPSA) is 46.5 Å². The summed E-state index contributed by atoms with van der Waals surface area (Å²) in [7, 11) is 0. The van der Waals surface area contributed by atoms with Crippen LogP contribution in [0.1, 0.15) is 109 Å². The van der Waals surface area contributed by atoms with Crippen molar-refractivity contribution < 1.29 is 27.8 Å². The van der Waals surface area contributed by atoms with Crippen molar-refractivity contribution in [2.75, 3.05) is 0 Å². The van der Waals surface area contributed by atoms with Gasteiger partial charge in [-0.2, -0.15) is 13.2 Å². The van der Waals surface area contributed by atoms with Crippen LogP contribution >= 0.6 is 0 Å². The largest absolute Gasteiger partial charge is 0.459 e. The minimum Gasteiger partial charge on any atom is -0.459 e. The lowest BCUT2D eigenvalue weighted by molar-refractivity contribution is -0.271. The van der Waals surface area contributed by atoms with Crippen molar-refractivity contribution in [2.24, 2.45) is 46.3 Å². The average Bonchev–Trinajstić information content (AvgIpc) is 3.28. The van der Waals surface area contributed by atoms with E-state index < -0.39 is 11.8 Å². The Balaban J connectivity index is 1.25. The molecule has 4 aliphatic rings. The van der Waals surface area contributed by atoms with Crippen LogP contribution < -0.4 is 0 Å². The van der Waals surface area contributed by atoms with Gasteiger partial charge in [0.2, 0.25) is 0 Å². The number of halogens is 3. The Kier molecular flexibility index (Phi) is 8.24. The van der Waals surface area contributed by atoms with E-state index in [1.807, 2.05) is 18.2 Å². The van der Waals surface area contributed by atoms with Gasteiger partial charge in [-0.3, -0.25) is 0 Å². The number of carbonyl (C=O) groups is 1. The van der Waals surface area contributed by atoms with Crippen molar-refractivity contribution in [1.29, 1.82) is 0 Å². The molecule has 41 heavy (non-hydrogen) atoms. The third-order valence-corrected chi connectivity index (χ3v) is 12.4. The predicted octanol–water partition coefficient (Wildman–Crippen LogP) is 9.16. The SMILES string of the molecule is CC(C)[C@H](CC[C@H](C)[C@@H]1CC[C@H]2[C@@H]3CC=C4C[C@](O)(C(F)(F)F)CC[C@]4(C)[C@H]3CC[C@@]21C)OC(=O)c1ccccc1. The normalized spacial score (nSPS) is 38.3. The van der Waals surface area contributed by atoms with E-state index in [0.717, 1.165) is 37.7 Å². The molecule has 0 heterocycles. The number of aliphatic hydroxyl groups is 1. The molecule has 4 aliphatic carbocycles. The standard InChI is InChI=1S/C35H49F3O3/c1-22(2)30(41-31(39)24-9-7-6-8-10-24)16-11-23(3)27-14-15-28-26-13-12-25-21-34(40,35(36,37)38)20-19-32(25,4)29(26)17-18-33(27,28)5/h6-10,12,22-23,26-30,40H,11,13-21H2,1-5H3/t23-,26-,27-,28-,29-,30-,32-,33+,34-/m0/s1. The van der Waals surface area contributed by atoms with E-state index in [9.17, 15) is 23.1 Å². The second-order valence-electron chi connectivity index (χ2n) is 14.8. The third-order valence-electron chi connectivity index (χ3n) is 12.4. The number of allylic oxidation sites excluding steroid dienone is 1. The molecule has 3 fully saturated rings. The molecule has 0 radical (unpaired) electrons. The molecule has 228 valence electrons. The van der Waals surface area contributed by atoms with E-state index >= 15 is 0 Å². The number of ether oxygens (including phenoxy) is 1. The van der Waals surface area contributed by atoms with E-state index in [4.69, 9.17) is 4.74 Å². The molecule has 0 bridgehead atoms. The van der Waals surface area contributed by atoms with Gasteiger partial charge in [-0.15, -0.1) is 0 Å². The highest BCUT2D eigenvalue weighted by atomic mass is 19.4. The predicted molar refractivity (Wildman–Crippen MR) is 155 cm³/mol. The van der Waals surface area contributed by atoms with Gasteiger partial charge >= 0.3 is 12.1 Å². The first-order valence-corrected chi connectivity index (χ1v) is 15.9. The maximum atomic E-state index is 13.7. The summed E-state index contributed by atoms with van der Waals surface area (Å²) in [5, 5.41) is 10.5. The van der Waals surface area contributed by atoms with Gasteiger partial charge in [0, 0.05) is 6.42 Å². The van der Waals surface area contributed by atoms with Crippen LogP contribution in [0.2, 0.25) is 0 Å². The quantitative estimate of drug-likeness (QED) is 0.261. The second-order valence-corrected chi connectivity index (χ2v) is 14.8. The summed E-state index contributed by atoms with van der Waals surface area (Å²) in [6.07, 6.45) is 4.63. The molecule has 5 rings (SSSR count). The average molecular weight is 575 g/mol. The molecule has 1 N–H and O–H groups in total. The van der Waals surface area contributed by atoms with E-state index in [2.05, 4.69) is 40.7 Å². The summed E-state index contributed by atoms with van der Waals surface area (Å²) in [5.41, 5.74) is -1.14. The summed E-state index contributed by atoms with van der Waals surface area (Å²) in [5.74, 6) is 2.60. The molecular weight excluding hydrogens is 525 g/mol. The molecule has 0 amide bonds. The fourth-order valence-corrected chi connectivity index (χ4v) is 9.80. The summed E-state index contributed by atoms with van der Waals surface area (Å²) < 4.78 is 47.0. The molecule has 1 aromatic carbocycles. The number of hydrogen-bond donors (Lipinski definition) is 1. The van der Waals surface area contributed by atoms with Crippen molar-refractivity contribution in [3.05, 3.63) is 47.5 Å². The van der Waals surface area contributed by atoms with Crippen molar-refractivity contribution >= 4 is 5.97 Å². The van der Waals surface area contributed by atoms with Crippen molar-refractivity contribution in [1.82, 2.24) is 0 Å². The van der Waals surface area contributed by atoms with Gasteiger partial charge < -0.3 is 9.84 Å². The summed E-state index contributed by atoms with van der Waals surface area (Å²) in [6, 6.07) is 9.20. The first-order valence-electron chi connectivity index (χ1n) is 15.9. The lowest BCUT2D eigenvalue weighted by atomic mass is 9.46. The van der Waals surface area contributed by atoms with Gasteiger partial charge in [-0.05, 0) is 116 Å². The lowest BCUT2D eigenvalue weighted by Gasteiger charge is -2.59. The fraction of sp³-hybridized carbons (Fsp3) is 0.743. The first-order chi connectivity index (χ1) is 19.2. The van der Waals surface area contributed by atoms with Crippen LogP contribution in [0.3, 0.4) is 0 Å². The van der Waals surface area contributed by atoms with E-state index in [1.54, 1.807) is 12.1 Å². The maximum Gasteiger partial charge on any atom is 0.417 e. The highest BCUT2D eigenvalue weighted by Gasteiger charge is 2.63. The van der Waals surface area contributed by atoms with Crippen LogP contribution in [0, 0.1) is 46.3 Å². The number of carbonyl (C=O) groups excluding carboxylic acids is 1. The Morgan fingerprint density at radius 3 is 2.37 bits per heavy atom.